The van der Waals surface area contributed by atoms with E-state index in [9.17, 15) is 5.11 Å². The van der Waals surface area contributed by atoms with E-state index in [4.69, 9.17) is 9.47 Å². The Bertz CT molecular complexity index is 1390. The van der Waals surface area contributed by atoms with Crippen LogP contribution in [-0.4, -0.2) is 61.4 Å². The molecule has 3 fully saturated rings. The summed E-state index contributed by atoms with van der Waals surface area (Å²) in [6.07, 6.45) is 8.01. The van der Waals surface area contributed by atoms with Crippen molar-refractivity contribution in [1.82, 2.24) is 25.5 Å². The Morgan fingerprint density at radius 2 is 1.92 bits per heavy atom. The van der Waals surface area contributed by atoms with E-state index in [1.165, 1.54) is 0 Å². The van der Waals surface area contributed by atoms with Gasteiger partial charge in [0.2, 0.25) is 6.79 Å². The number of ether oxygens (including phenoxy) is 2. The van der Waals surface area contributed by atoms with Crippen LogP contribution in [0.15, 0.2) is 36.7 Å². The molecule has 7 rings (SSSR count). The number of phenols is 1. The van der Waals surface area contributed by atoms with E-state index in [0.29, 0.717) is 28.8 Å². The maximum absolute atomic E-state index is 16.0. The summed E-state index contributed by atoms with van der Waals surface area (Å²) in [5.41, 5.74) is 1.41. The highest BCUT2D eigenvalue weighted by Crippen LogP contribution is 2.46. The summed E-state index contributed by atoms with van der Waals surface area (Å²) in [6.45, 7) is 4.38. The number of phenolic OH excluding ortho intramolecular Hbond substituents is 1. The second-order valence-corrected chi connectivity index (χ2v) is 11.6. The topological polar surface area (TPSA) is 106 Å². The summed E-state index contributed by atoms with van der Waals surface area (Å²) in [7, 11) is 0. The molecule has 2 aromatic heterocycles. The van der Waals surface area contributed by atoms with E-state index >= 15 is 4.39 Å². The van der Waals surface area contributed by atoms with E-state index in [2.05, 4.69) is 37.3 Å². The number of nitrogens with zero attached hydrogens (tertiary/aromatic N) is 5. The Balaban J connectivity index is 1.16. The first-order valence-corrected chi connectivity index (χ1v) is 13.3. The minimum absolute atomic E-state index is 0.0321. The van der Waals surface area contributed by atoms with Gasteiger partial charge in [0.15, 0.2) is 17.4 Å². The number of alkyl halides is 1. The van der Waals surface area contributed by atoms with Crippen molar-refractivity contribution < 1.29 is 19.0 Å². The average Bonchev–Trinajstić information content (AvgIpc) is 3.62. The number of nitrogens with one attached hydrogen (secondary N) is 1. The van der Waals surface area contributed by atoms with Crippen molar-refractivity contribution in [2.45, 2.75) is 81.7 Å². The zero-order valence-corrected chi connectivity index (χ0v) is 21.5. The van der Waals surface area contributed by atoms with Gasteiger partial charge in [0.05, 0.1) is 17.8 Å². The zero-order valence-electron chi connectivity index (χ0n) is 21.5. The zero-order chi connectivity index (χ0) is 26.1. The summed E-state index contributed by atoms with van der Waals surface area (Å²) in [5.74, 6) is 1.98. The third-order valence-corrected chi connectivity index (χ3v) is 8.53. The molecule has 2 bridgehead atoms. The standard InChI is InChI=1S/C28H31FN6O3/c1-27-8-3-9-28(2,34-27)24(29)20(12-27)35(18-5-6-18)23-14-30-25(33-32-23)19-7-4-16(10-21(19)36)17-11-22-26(31-13-17)38-15-37-22/h4,7,10-11,13-14,18,20,24,34,36H,3,5-6,8-9,12,15H2,1-2H3/t20-,24-,27-,28+/m1/s1. The Morgan fingerprint density at radius 3 is 2.68 bits per heavy atom. The Morgan fingerprint density at radius 1 is 1.05 bits per heavy atom. The van der Waals surface area contributed by atoms with Gasteiger partial charge in [-0.1, -0.05) is 6.07 Å². The second-order valence-electron chi connectivity index (χ2n) is 11.6. The molecule has 9 nitrogen and oxygen atoms in total. The van der Waals surface area contributed by atoms with Gasteiger partial charge in [0.1, 0.15) is 11.9 Å². The van der Waals surface area contributed by atoms with Crippen LogP contribution >= 0.6 is 0 Å². The molecule has 10 heteroatoms. The summed E-state index contributed by atoms with van der Waals surface area (Å²) >= 11 is 0. The fraction of sp³-hybridized carbons (Fsp3) is 0.500. The number of hydrogen-bond donors (Lipinski definition) is 2. The summed E-state index contributed by atoms with van der Waals surface area (Å²) in [5, 5.41) is 23.3. The first-order valence-electron chi connectivity index (χ1n) is 13.3. The lowest BCUT2D eigenvalue weighted by Crippen LogP contribution is -2.73. The maximum atomic E-state index is 16.0. The number of piperidine rings is 2. The van der Waals surface area contributed by atoms with Gasteiger partial charge in [0.25, 0.3) is 5.88 Å². The van der Waals surface area contributed by atoms with E-state index in [-0.39, 0.29) is 30.2 Å². The molecule has 38 heavy (non-hydrogen) atoms. The van der Waals surface area contributed by atoms with Crippen LogP contribution in [0.25, 0.3) is 22.5 Å². The molecule has 1 aliphatic carbocycles. The lowest BCUT2D eigenvalue weighted by Gasteiger charge is -2.57. The molecule has 0 radical (unpaired) electrons. The minimum atomic E-state index is -1.01. The van der Waals surface area contributed by atoms with Gasteiger partial charge < -0.3 is 24.8 Å². The molecule has 4 atom stereocenters. The number of rotatable bonds is 5. The third kappa shape index (κ3) is 3.93. The van der Waals surface area contributed by atoms with Crippen LogP contribution in [0.5, 0.6) is 17.4 Å². The number of hydrogen-bond acceptors (Lipinski definition) is 9. The fourth-order valence-electron chi connectivity index (χ4n) is 6.59. The van der Waals surface area contributed by atoms with Gasteiger partial charge >= 0.3 is 0 Å². The normalized spacial score (nSPS) is 29.8. The van der Waals surface area contributed by atoms with Gasteiger partial charge in [0, 0.05) is 28.9 Å². The van der Waals surface area contributed by atoms with Crippen LogP contribution in [0.2, 0.25) is 0 Å². The number of fused-ring (bicyclic) bond motifs is 3. The fourth-order valence-corrected chi connectivity index (χ4v) is 6.59. The number of pyridine rings is 1. The van der Waals surface area contributed by atoms with Gasteiger partial charge in [-0.25, -0.2) is 14.4 Å². The van der Waals surface area contributed by atoms with Crippen molar-refractivity contribution >= 4 is 5.82 Å². The second kappa shape index (κ2) is 8.49. The van der Waals surface area contributed by atoms with Crippen LogP contribution in [-0.2, 0) is 0 Å². The molecular weight excluding hydrogens is 487 g/mol. The minimum Gasteiger partial charge on any atom is -0.507 e. The molecule has 198 valence electrons. The lowest BCUT2D eigenvalue weighted by molar-refractivity contribution is 0.000258. The largest absolute Gasteiger partial charge is 0.507 e. The van der Waals surface area contributed by atoms with Gasteiger partial charge in [-0.2, -0.15) is 0 Å². The number of anilines is 1. The Kier molecular flexibility index (Phi) is 5.27. The van der Waals surface area contributed by atoms with Crippen LogP contribution in [0, 0.1) is 0 Å². The van der Waals surface area contributed by atoms with Crippen molar-refractivity contribution in [3.05, 3.63) is 36.7 Å². The van der Waals surface area contributed by atoms with Crippen molar-refractivity contribution in [1.29, 1.82) is 0 Å². The van der Waals surface area contributed by atoms with Crippen LogP contribution in [0.1, 0.15) is 52.4 Å². The van der Waals surface area contributed by atoms with E-state index in [1.54, 1.807) is 24.5 Å². The predicted molar refractivity (Wildman–Crippen MR) is 139 cm³/mol. The predicted octanol–water partition coefficient (Wildman–Crippen LogP) is 4.41. The van der Waals surface area contributed by atoms with Gasteiger partial charge in [-0.15, -0.1) is 10.2 Å². The first-order chi connectivity index (χ1) is 18.3. The van der Waals surface area contributed by atoms with Crippen molar-refractivity contribution in [2.75, 3.05) is 11.7 Å². The molecule has 0 amide bonds. The van der Waals surface area contributed by atoms with Crippen LogP contribution in [0.3, 0.4) is 0 Å². The molecule has 3 aliphatic heterocycles. The smallest absolute Gasteiger partial charge is 0.260 e. The molecule has 3 aromatic rings. The maximum Gasteiger partial charge on any atom is 0.260 e. The lowest BCUT2D eigenvalue weighted by atomic mass is 9.68. The average molecular weight is 519 g/mol. The van der Waals surface area contributed by atoms with Crippen molar-refractivity contribution in [3.63, 3.8) is 0 Å². The van der Waals surface area contributed by atoms with Crippen LogP contribution < -0.4 is 19.7 Å². The van der Waals surface area contributed by atoms with Crippen molar-refractivity contribution in [2.24, 2.45) is 0 Å². The van der Waals surface area contributed by atoms with E-state index in [0.717, 1.165) is 49.7 Å². The molecule has 4 aliphatic rings. The van der Waals surface area contributed by atoms with Gasteiger partial charge in [-0.3, -0.25) is 0 Å². The Hall–Kier alpha value is -3.53. The molecule has 0 spiro atoms. The van der Waals surface area contributed by atoms with E-state index in [1.807, 2.05) is 19.1 Å². The highest BCUT2D eigenvalue weighted by molar-refractivity contribution is 5.73. The molecule has 2 N–H and O–H groups in total. The molecule has 2 saturated heterocycles. The van der Waals surface area contributed by atoms with Crippen LogP contribution in [0.4, 0.5) is 10.2 Å². The molecule has 1 aromatic carbocycles. The number of benzene rings is 1. The number of aromatic hydroxyl groups is 1. The summed E-state index contributed by atoms with van der Waals surface area (Å²) < 4.78 is 26.7. The number of aromatic nitrogens is 4. The quantitative estimate of drug-likeness (QED) is 0.508. The highest BCUT2D eigenvalue weighted by Gasteiger charge is 2.55. The van der Waals surface area contributed by atoms with E-state index < -0.39 is 11.7 Å². The Labute approximate surface area is 220 Å². The molecule has 0 unspecified atom stereocenters. The number of halogens is 1. The SMILES string of the molecule is C[C@]12CCC[C@](C)(N1)[C@H](F)[C@H](N(c1cnc(-c3ccc(-c4cnc5c(c4)OCO5)cc3O)nn1)C1CC1)C2. The molecular formula is C28H31FN6O3. The van der Waals surface area contributed by atoms with Crippen molar-refractivity contribution in [3.8, 4) is 39.9 Å². The monoisotopic (exact) mass is 518 g/mol. The highest BCUT2D eigenvalue weighted by atomic mass is 19.1. The first kappa shape index (κ1) is 23.6. The van der Waals surface area contributed by atoms with Gasteiger partial charge in [-0.05, 0) is 76.1 Å². The molecule has 1 saturated carbocycles. The summed E-state index contributed by atoms with van der Waals surface area (Å²) in [4.78, 5) is 10.9. The third-order valence-electron chi connectivity index (χ3n) is 8.53. The summed E-state index contributed by atoms with van der Waals surface area (Å²) in [6, 6.07) is 7.09. The molecule has 5 heterocycles.